The van der Waals surface area contributed by atoms with Crippen molar-refractivity contribution >= 4 is 17.9 Å². The summed E-state index contributed by atoms with van der Waals surface area (Å²) < 4.78 is 0. The highest BCUT2D eigenvalue weighted by Crippen LogP contribution is 2.22. The third-order valence-corrected chi connectivity index (χ3v) is 3.06. The predicted octanol–water partition coefficient (Wildman–Crippen LogP) is 1.73. The first kappa shape index (κ1) is 14.0. The fourth-order valence-corrected chi connectivity index (χ4v) is 1.82. The molecule has 1 amide bonds. The molecule has 4 heteroatoms. The minimum absolute atomic E-state index is 0.224. The second-order valence-corrected chi connectivity index (χ2v) is 4.38. The molecule has 0 heterocycles. The Morgan fingerprint density at radius 3 is 2.06 bits per heavy atom. The zero-order valence-electron chi connectivity index (χ0n) is 11.2. The number of carbonyl (C=O) groups excluding carboxylic acids is 1. The SMILES string of the molecule is Cc1cc(C)c(C)c(/C=C/C(=O)N=C(N)N)c1C. The number of benzene rings is 1. The van der Waals surface area contributed by atoms with Gasteiger partial charge in [0.25, 0.3) is 5.91 Å². The van der Waals surface area contributed by atoms with Crippen molar-refractivity contribution in [2.45, 2.75) is 27.7 Å². The van der Waals surface area contributed by atoms with Gasteiger partial charge in [-0.2, -0.15) is 4.99 Å². The minimum atomic E-state index is -0.451. The van der Waals surface area contributed by atoms with Gasteiger partial charge in [0.15, 0.2) is 5.96 Å². The molecule has 0 radical (unpaired) electrons. The first-order valence-corrected chi connectivity index (χ1v) is 5.72. The number of aliphatic imine (C=N–C) groups is 1. The maximum atomic E-state index is 11.4. The Morgan fingerprint density at radius 2 is 1.61 bits per heavy atom. The molecular weight excluding hydrogens is 226 g/mol. The monoisotopic (exact) mass is 245 g/mol. The molecule has 1 aromatic carbocycles. The lowest BCUT2D eigenvalue weighted by Crippen LogP contribution is -2.23. The van der Waals surface area contributed by atoms with Crippen LogP contribution in [-0.4, -0.2) is 11.9 Å². The van der Waals surface area contributed by atoms with E-state index in [9.17, 15) is 4.79 Å². The summed E-state index contributed by atoms with van der Waals surface area (Å²) in [5.41, 5.74) is 16.1. The number of nitrogens with zero attached hydrogens (tertiary/aromatic N) is 1. The molecular formula is C14H19N3O. The first-order valence-electron chi connectivity index (χ1n) is 5.72. The number of carbonyl (C=O) groups is 1. The highest BCUT2D eigenvalue weighted by molar-refractivity contribution is 6.00. The quantitative estimate of drug-likeness (QED) is 0.473. The maximum absolute atomic E-state index is 11.4. The minimum Gasteiger partial charge on any atom is -0.370 e. The molecule has 1 rings (SSSR count). The molecule has 18 heavy (non-hydrogen) atoms. The van der Waals surface area contributed by atoms with Crippen LogP contribution in [0.3, 0.4) is 0 Å². The van der Waals surface area contributed by atoms with Crippen LogP contribution in [0, 0.1) is 27.7 Å². The summed E-state index contributed by atoms with van der Waals surface area (Å²) in [6.45, 7) is 8.17. The van der Waals surface area contributed by atoms with Gasteiger partial charge in [0.1, 0.15) is 0 Å². The van der Waals surface area contributed by atoms with Crippen LogP contribution in [0.25, 0.3) is 6.08 Å². The highest BCUT2D eigenvalue weighted by Gasteiger charge is 2.06. The number of nitrogens with two attached hydrogens (primary N) is 2. The van der Waals surface area contributed by atoms with Crippen molar-refractivity contribution in [2.75, 3.05) is 0 Å². The van der Waals surface area contributed by atoms with Crippen LogP contribution in [-0.2, 0) is 4.79 Å². The molecule has 0 aromatic heterocycles. The van der Waals surface area contributed by atoms with Crippen LogP contribution in [0.2, 0.25) is 0 Å². The van der Waals surface area contributed by atoms with Crippen molar-refractivity contribution in [3.05, 3.63) is 40.0 Å². The van der Waals surface area contributed by atoms with Crippen LogP contribution in [0.1, 0.15) is 27.8 Å². The summed E-state index contributed by atoms with van der Waals surface area (Å²) in [5, 5.41) is 0. The van der Waals surface area contributed by atoms with Crippen LogP contribution >= 0.6 is 0 Å². The summed E-state index contributed by atoms with van der Waals surface area (Å²) in [4.78, 5) is 14.8. The Balaban J connectivity index is 3.16. The Hall–Kier alpha value is -2.10. The summed E-state index contributed by atoms with van der Waals surface area (Å²) >= 11 is 0. The van der Waals surface area contributed by atoms with Crippen molar-refractivity contribution in [2.24, 2.45) is 16.5 Å². The summed E-state index contributed by atoms with van der Waals surface area (Å²) in [5.74, 6) is -0.675. The van der Waals surface area contributed by atoms with E-state index in [1.54, 1.807) is 6.08 Å². The summed E-state index contributed by atoms with van der Waals surface area (Å²) in [6.07, 6.45) is 3.15. The van der Waals surface area contributed by atoms with Crippen molar-refractivity contribution in [3.63, 3.8) is 0 Å². The van der Waals surface area contributed by atoms with Crippen molar-refractivity contribution < 1.29 is 4.79 Å². The van der Waals surface area contributed by atoms with Gasteiger partial charge in [-0.1, -0.05) is 6.07 Å². The van der Waals surface area contributed by atoms with E-state index in [1.165, 1.54) is 17.2 Å². The molecule has 1 aromatic rings. The van der Waals surface area contributed by atoms with Gasteiger partial charge in [0.05, 0.1) is 0 Å². The number of hydrogen-bond donors (Lipinski definition) is 2. The summed E-state index contributed by atoms with van der Waals surface area (Å²) in [6, 6.07) is 2.14. The molecule has 0 atom stereocenters. The average molecular weight is 245 g/mol. The Morgan fingerprint density at radius 1 is 1.11 bits per heavy atom. The third-order valence-electron chi connectivity index (χ3n) is 3.06. The van der Waals surface area contributed by atoms with Crippen LogP contribution < -0.4 is 11.5 Å². The lowest BCUT2D eigenvalue weighted by molar-refractivity contribution is -0.113. The Labute approximate surface area is 107 Å². The van der Waals surface area contributed by atoms with E-state index in [2.05, 4.69) is 24.9 Å². The standard InChI is InChI=1S/C14H19N3O/c1-8-7-9(2)11(4)12(10(8)3)5-6-13(18)17-14(15)16/h5-7H,1-4H3,(H4,15,16,17,18)/b6-5+. The third kappa shape index (κ3) is 3.20. The average Bonchev–Trinajstić information content (AvgIpc) is 2.25. The fraction of sp³-hybridized carbons (Fsp3) is 0.286. The number of guanidine groups is 1. The smallest absolute Gasteiger partial charge is 0.272 e. The zero-order valence-corrected chi connectivity index (χ0v) is 11.2. The Bertz CT molecular complexity index is 512. The van der Waals surface area contributed by atoms with Gasteiger partial charge in [-0.25, -0.2) is 0 Å². The molecule has 0 saturated heterocycles. The van der Waals surface area contributed by atoms with Gasteiger partial charge in [0.2, 0.25) is 0 Å². The van der Waals surface area contributed by atoms with Gasteiger partial charge < -0.3 is 11.5 Å². The van der Waals surface area contributed by atoms with Crippen LogP contribution in [0.5, 0.6) is 0 Å². The molecule has 0 fully saturated rings. The van der Waals surface area contributed by atoms with Gasteiger partial charge in [-0.3, -0.25) is 4.79 Å². The van der Waals surface area contributed by atoms with E-state index in [4.69, 9.17) is 11.5 Å². The molecule has 0 unspecified atom stereocenters. The number of amides is 1. The highest BCUT2D eigenvalue weighted by atomic mass is 16.1. The van der Waals surface area contributed by atoms with E-state index in [0.29, 0.717) is 0 Å². The summed E-state index contributed by atoms with van der Waals surface area (Å²) in [7, 11) is 0. The molecule has 0 bridgehead atoms. The van der Waals surface area contributed by atoms with E-state index < -0.39 is 5.91 Å². The van der Waals surface area contributed by atoms with Gasteiger partial charge in [-0.05, 0) is 61.6 Å². The normalized spacial score (nSPS) is 10.7. The lowest BCUT2D eigenvalue weighted by atomic mass is 9.94. The zero-order chi connectivity index (χ0) is 13.9. The van der Waals surface area contributed by atoms with Crippen LogP contribution in [0.4, 0.5) is 0 Å². The van der Waals surface area contributed by atoms with Gasteiger partial charge >= 0.3 is 0 Å². The topological polar surface area (TPSA) is 81.5 Å². The second kappa shape index (κ2) is 5.49. The van der Waals surface area contributed by atoms with Crippen LogP contribution in [0.15, 0.2) is 17.1 Å². The fourth-order valence-electron chi connectivity index (χ4n) is 1.82. The molecule has 0 spiro atoms. The van der Waals surface area contributed by atoms with Crippen molar-refractivity contribution in [3.8, 4) is 0 Å². The van der Waals surface area contributed by atoms with Gasteiger partial charge in [-0.15, -0.1) is 0 Å². The lowest BCUT2D eigenvalue weighted by Gasteiger charge is -2.11. The molecule has 0 aliphatic carbocycles. The van der Waals surface area contributed by atoms with E-state index in [-0.39, 0.29) is 5.96 Å². The largest absolute Gasteiger partial charge is 0.370 e. The molecule has 0 aliphatic rings. The molecule has 4 N–H and O–H groups in total. The van der Waals surface area contributed by atoms with Gasteiger partial charge in [0, 0.05) is 6.08 Å². The van der Waals surface area contributed by atoms with E-state index >= 15 is 0 Å². The van der Waals surface area contributed by atoms with Crippen molar-refractivity contribution in [1.29, 1.82) is 0 Å². The first-order chi connectivity index (χ1) is 8.32. The molecule has 4 nitrogen and oxygen atoms in total. The maximum Gasteiger partial charge on any atom is 0.272 e. The second-order valence-electron chi connectivity index (χ2n) is 4.38. The van der Waals surface area contributed by atoms with Crippen molar-refractivity contribution in [1.82, 2.24) is 0 Å². The number of aryl methyl sites for hydroxylation is 2. The van der Waals surface area contributed by atoms with E-state index in [0.717, 1.165) is 16.7 Å². The van der Waals surface area contributed by atoms with E-state index in [1.807, 2.05) is 13.8 Å². The molecule has 96 valence electrons. The predicted molar refractivity (Wildman–Crippen MR) is 75.2 cm³/mol. The molecule has 0 saturated carbocycles. The molecule has 0 aliphatic heterocycles. The Kier molecular flexibility index (Phi) is 4.26. The number of hydrogen-bond acceptors (Lipinski definition) is 1. The number of rotatable bonds is 2.